The summed E-state index contributed by atoms with van der Waals surface area (Å²) in [4.78, 5) is 23.9. The number of aliphatic carboxylic acids is 1. The lowest BCUT2D eigenvalue weighted by Gasteiger charge is -2.46. The van der Waals surface area contributed by atoms with E-state index in [1.54, 1.807) is 30.3 Å². The van der Waals surface area contributed by atoms with Crippen LogP contribution in [-0.2, 0) is 25.7 Å². The van der Waals surface area contributed by atoms with Gasteiger partial charge >= 0.3 is 5.97 Å². The highest BCUT2D eigenvalue weighted by Gasteiger charge is 2.55. The lowest BCUT2D eigenvalue weighted by molar-refractivity contribution is -0.314. The third kappa shape index (κ3) is 5.04. The molecule has 1 heterocycles. The van der Waals surface area contributed by atoms with Crippen LogP contribution in [0, 0.1) is 0 Å². The second-order valence-electron chi connectivity index (χ2n) is 6.43. The number of aliphatic hydroxyl groups is 4. The molecule has 1 aliphatic rings. The molecule has 0 spiro atoms. The predicted octanol–water partition coefficient (Wildman–Crippen LogP) is -1.65. The van der Waals surface area contributed by atoms with Gasteiger partial charge in [-0.1, -0.05) is 30.3 Å². The van der Waals surface area contributed by atoms with E-state index in [0.717, 1.165) is 0 Å². The maximum Gasteiger partial charge on any atom is 0.364 e. The second-order valence-corrected chi connectivity index (χ2v) is 6.43. The molecular weight excluding hydrogens is 374 g/mol. The van der Waals surface area contributed by atoms with E-state index in [2.05, 4.69) is 0 Å². The Labute approximate surface area is 165 Å². The molecule has 1 fully saturated rings. The van der Waals surface area contributed by atoms with Crippen molar-refractivity contribution in [3.63, 3.8) is 0 Å². The molecule has 0 aromatic heterocycles. The lowest BCUT2D eigenvalue weighted by Crippen LogP contribution is -2.67. The fourth-order valence-electron chi connectivity index (χ4n) is 2.97. The van der Waals surface area contributed by atoms with Crippen LogP contribution in [0.5, 0.6) is 0 Å². The number of ether oxygens (including phenoxy) is 2. The summed E-state index contributed by atoms with van der Waals surface area (Å²) in [5.41, 5.74) is 0.575. The van der Waals surface area contributed by atoms with Gasteiger partial charge in [0.2, 0.25) is 5.91 Å². The molecule has 1 aromatic carbocycles. The van der Waals surface area contributed by atoms with E-state index in [0.29, 0.717) is 5.56 Å². The van der Waals surface area contributed by atoms with E-state index in [1.165, 1.54) is 0 Å². The summed E-state index contributed by atoms with van der Waals surface area (Å²) in [5.74, 6) is -5.63. The van der Waals surface area contributed by atoms with Crippen molar-refractivity contribution in [2.75, 3.05) is 6.61 Å². The molecule has 0 bridgehead atoms. The summed E-state index contributed by atoms with van der Waals surface area (Å²) < 4.78 is 32.3. The molecule has 2 rings (SSSR count). The van der Waals surface area contributed by atoms with E-state index in [4.69, 9.17) is 18.7 Å². The van der Waals surface area contributed by atoms with Crippen LogP contribution < -0.4 is 5.32 Å². The monoisotopic (exact) mass is 402 g/mol. The van der Waals surface area contributed by atoms with Gasteiger partial charge in [0.1, 0.15) is 18.3 Å². The van der Waals surface area contributed by atoms with Crippen molar-refractivity contribution in [1.29, 1.82) is 0 Å². The first kappa shape index (κ1) is 18.0. The van der Waals surface area contributed by atoms with Gasteiger partial charge in [-0.2, -0.15) is 0 Å². The topological polar surface area (TPSA) is 166 Å². The summed E-state index contributed by atoms with van der Waals surface area (Å²) in [7, 11) is 0. The number of nitrogens with one attached hydrogen (secondary N) is 1. The first-order chi connectivity index (χ1) is 14.4. The Morgan fingerprint density at radius 2 is 2.07 bits per heavy atom. The first-order valence-corrected chi connectivity index (χ1v) is 8.46. The first-order valence-electron chi connectivity index (χ1n) is 9.96. The van der Waals surface area contributed by atoms with E-state index in [9.17, 15) is 30.0 Å². The molecule has 0 aliphatic carbocycles. The van der Waals surface area contributed by atoms with Crippen molar-refractivity contribution in [2.45, 2.75) is 56.1 Å². The zero-order chi connectivity index (χ0) is 23.4. The number of hydrogen-bond acceptors (Lipinski definition) is 8. The van der Waals surface area contributed by atoms with Gasteiger partial charge in [0.05, 0.1) is 25.4 Å². The molecule has 6 N–H and O–H groups in total. The number of carboxylic acids is 1. The van der Waals surface area contributed by atoms with E-state index in [-0.39, 0.29) is 6.61 Å². The minimum absolute atomic E-state index is 0.252. The molecule has 156 valence electrons. The standard InChI is InChI=1S/C18H25NO9/c1-10(21)19-14-12(22)7-18(17(25)26,27-9-11-5-3-2-4-6-11)28-16(14)15(24)13(23)8-20/h2-6,12-16,20,22-24H,7-9H2,1H3,(H,19,21)(H,25,26)/t12?,13-,14?,15-,16?,18?/m0/s1/i1D3. The van der Waals surface area contributed by atoms with Gasteiger partial charge in [-0.15, -0.1) is 0 Å². The minimum atomic E-state index is -3.10. The fraction of sp³-hybridized carbons (Fsp3) is 0.556. The van der Waals surface area contributed by atoms with Crippen molar-refractivity contribution in [2.24, 2.45) is 0 Å². The van der Waals surface area contributed by atoms with Gasteiger partial charge in [0, 0.05) is 17.4 Å². The van der Waals surface area contributed by atoms with Crippen LogP contribution in [0.1, 0.15) is 22.9 Å². The third-order valence-corrected chi connectivity index (χ3v) is 4.43. The third-order valence-electron chi connectivity index (χ3n) is 4.43. The Bertz CT molecular complexity index is 763. The van der Waals surface area contributed by atoms with Crippen LogP contribution in [0.4, 0.5) is 0 Å². The quantitative estimate of drug-likeness (QED) is 0.299. The molecule has 6 atom stereocenters. The van der Waals surface area contributed by atoms with E-state index < -0.39 is 68.0 Å². The zero-order valence-corrected chi connectivity index (χ0v) is 14.8. The van der Waals surface area contributed by atoms with Gasteiger partial charge in [0.15, 0.2) is 0 Å². The predicted molar refractivity (Wildman–Crippen MR) is 93.8 cm³/mol. The summed E-state index contributed by atoms with van der Waals surface area (Å²) in [6.07, 6.45) is -8.13. The van der Waals surface area contributed by atoms with Crippen molar-refractivity contribution in [3.05, 3.63) is 35.9 Å². The van der Waals surface area contributed by atoms with Crippen LogP contribution in [0.25, 0.3) is 0 Å². The maximum absolute atomic E-state index is 12.0. The summed E-state index contributed by atoms with van der Waals surface area (Å²) in [6.45, 7) is -4.31. The van der Waals surface area contributed by atoms with Crippen LogP contribution in [0.3, 0.4) is 0 Å². The molecule has 1 amide bonds. The second kappa shape index (κ2) is 9.41. The number of rotatable bonds is 8. The van der Waals surface area contributed by atoms with Crippen LogP contribution in [-0.4, -0.2) is 80.3 Å². The highest BCUT2D eigenvalue weighted by Crippen LogP contribution is 2.34. The van der Waals surface area contributed by atoms with Crippen molar-refractivity contribution >= 4 is 11.9 Å². The molecule has 1 aromatic rings. The molecular formula is C18H25NO9. The number of aliphatic hydroxyl groups excluding tert-OH is 4. The highest BCUT2D eigenvalue weighted by molar-refractivity contribution is 5.76. The van der Waals surface area contributed by atoms with Gasteiger partial charge in [-0.05, 0) is 5.56 Å². The molecule has 1 aliphatic heterocycles. The van der Waals surface area contributed by atoms with Crippen molar-refractivity contribution in [3.8, 4) is 0 Å². The SMILES string of the molecule is [2H]C([2H])([2H])C(=O)NC1C(O)CC(OCc2ccccc2)(C(=O)O)OC1[C@@H](O)[C@@H](O)CO. The number of carbonyl (C=O) groups excluding carboxylic acids is 1. The molecule has 10 heteroatoms. The summed E-state index contributed by atoms with van der Waals surface area (Å²) in [6, 6.07) is 6.79. The Morgan fingerprint density at radius 1 is 1.39 bits per heavy atom. The smallest absolute Gasteiger partial charge is 0.364 e. The average molecular weight is 402 g/mol. The maximum atomic E-state index is 12.0. The molecule has 0 radical (unpaired) electrons. The van der Waals surface area contributed by atoms with Gasteiger partial charge in [-0.25, -0.2) is 4.79 Å². The van der Waals surface area contributed by atoms with Crippen LogP contribution >= 0.6 is 0 Å². The summed E-state index contributed by atoms with van der Waals surface area (Å²) >= 11 is 0. The zero-order valence-electron chi connectivity index (χ0n) is 17.8. The van der Waals surface area contributed by atoms with E-state index >= 15 is 0 Å². The number of amides is 1. The summed E-state index contributed by atoms with van der Waals surface area (Å²) in [5, 5.41) is 51.6. The largest absolute Gasteiger partial charge is 0.477 e. The van der Waals surface area contributed by atoms with E-state index in [1.807, 2.05) is 5.32 Å². The Morgan fingerprint density at radius 3 is 2.64 bits per heavy atom. The number of carbonyl (C=O) groups is 2. The Kier molecular flexibility index (Phi) is 6.04. The minimum Gasteiger partial charge on any atom is -0.477 e. The average Bonchev–Trinajstić information content (AvgIpc) is 2.72. The van der Waals surface area contributed by atoms with Gasteiger partial charge < -0.3 is 40.3 Å². The molecule has 4 unspecified atom stereocenters. The molecule has 0 saturated carbocycles. The lowest BCUT2D eigenvalue weighted by atomic mass is 9.88. The fourth-order valence-corrected chi connectivity index (χ4v) is 2.97. The molecule has 28 heavy (non-hydrogen) atoms. The van der Waals surface area contributed by atoms with Crippen LogP contribution in [0.15, 0.2) is 30.3 Å². The molecule has 1 saturated heterocycles. The number of hydrogen-bond donors (Lipinski definition) is 6. The Hall–Kier alpha value is -2.08. The van der Waals surface area contributed by atoms with Gasteiger partial charge in [0.25, 0.3) is 5.79 Å². The number of carboxylic acid groups (broad SMARTS) is 1. The highest BCUT2D eigenvalue weighted by atomic mass is 16.7. The Balaban J connectivity index is 2.34. The van der Waals surface area contributed by atoms with Crippen LogP contribution in [0.2, 0.25) is 0 Å². The van der Waals surface area contributed by atoms with Gasteiger partial charge in [-0.3, -0.25) is 4.79 Å². The molecule has 10 nitrogen and oxygen atoms in total. The normalized spacial score (nSPS) is 31.7. The van der Waals surface area contributed by atoms with Crippen molar-refractivity contribution in [1.82, 2.24) is 5.32 Å². The van der Waals surface area contributed by atoms with Crippen molar-refractivity contribution < 1.29 is 48.7 Å². The number of benzene rings is 1.